The molecule has 2 aliphatic heterocycles. The number of carbonyl (C=O) groups is 3. The van der Waals surface area contributed by atoms with Crippen molar-refractivity contribution < 1.29 is 32.3 Å². The molecule has 0 radical (unpaired) electrons. The van der Waals surface area contributed by atoms with Crippen molar-refractivity contribution in [2.24, 2.45) is 0 Å². The number of β-lactam (4-membered cyclic amide) rings is 1. The predicted octanol–water partition coefficient (Wildman–Crippen LogP) is 4.28. The second-order valence-corrected chi connectivity index (χ2v) is 12.9. The number of benzene rings is 2. The maximum absolute atomic E-state index is 13.7. The van der Waals surface area contributed by atoms with E-state index in [9.17, 15) is 22.8 Å². The highest BCUT2D eigenvalue weighted by molar-refractivity contribution is 7.94. The molecule has 42 heavy (non-hydrogen) atoms. The zero-order valence-electron chi connectivity index (χ0n) is 23.0. The Labute approximate surface area is 243 Å². The molecule has 216 valence electrons. The largest absolute Gasteiger partial charge is 0.451 e. The lowest BCUT2D eigenvalue weighted by Gasteiger charge is -2.38. The fourth-order valence-corrected chi connectivity index (χ4v) is 7.22. The molecule has 11 heteroatoms. The van der Waals surface area contributed by atoms with E-state index in [1.807, 2.05) is 60.7 Å². The van der Waals surface area contributed by atoms with Crippen LogP contribution in [0.1, 0.15) is 36.8 Å². The molecular weight excluding hydrogens is 558 g/mol. The Kier molecular flexibility index (Phi) is 7.70. The molecular formula is C31H29N3O7S. The van der Waals surface area contributed by atoms with Crippen molar-refractivity contribution in [3.63, 3.8) is 0 Å². The van der Waals surface area contributed by atoms with Crippen LogP contribution in [0, 0.1) is 0 Å². The Balaban J connectivity index is 1.40. The second-order valence-electron chi connectivity index (χ2n) is 10.3. The number of hydrogen-bond acceptors (Lipinski definition) is 8. The van der Waals surface area contributed by atoms with Gasteiger partial charge in [0.1, 0.15) is 11.4 Å². The average molecular weight is 588 g/mol. The summed E-state index contributed by atoms with van der Waals surface area (Å²) in [6.07, 6.45) is 2.67. The molecule has 2 aliphatic rings. The van der Waals surface area contributed by atoms with Gasteiger partial charge >= 0.3 is 12.1 Å². The van der Waals surface area contributed by atoms with Gasteiger partial charge in [-0.05, 0) is 43.2 Å². The van der Waals surface area contributed by atoms with Gasteiger partial charge < -0.3 is 14.4 Å². The Bertz CT molecular complexity index is 1610. The van der Waals surface area contributed by atoms with E-state index in [-0.39, 0.29) is 12.2 Å². The van der Waals surface area contributed by atoms with Crippen molar-refractivity contribution >= 4 is 39.6 Å². The Hall–Kier alpha value is -4.77. The molecule has 0 aliphatic carbocycles. The molecule has 2 atom stereocenters. The highest BCUT2D eigenvalue weighted by atomic mass is 32.2. The molecule has 3 aromatic rings. The lowest BCUT2D eigenvalue weighted by Crippen LogP contribution is -2.59. The van der Waals surface area contributed by atoms with Crippen LogP contribution in [0.3, 0.4) is 0 Å². The maximum Gasteiger partial charge on any atom is 0.411 e. The normalized spacial score (nSPS) is 20.9. The van der Waals surface area contributed by atoms with Gasteiger partial charge in [0.05, 0.1) is 23.2 Å². The van der Waals surface area contributed by atoms with Gasteiger partial charge in [-0.25, -0.2) is 18.0 Å². The molecule has 2 amide bonds. The van der Waals surface area contributed by atoms with Crippen LogP contribution in [-0.2, 0) is 28.9 Å². The van der Waals surface area contributed by atoms with Crippen LogP contribution in [0.25, 0.3) is 6.08 Å². The van der Waals surface area contributed by atoms with Crippen LogP contribution in [0.2, 0.25) is 0 Å². The summed E-state index contributed by atoms with van der Waals surface area (Å²) < 4.78 is 36.6. The van der Waals surface area contributed by atoms with E-state index in [4.69, 9.17) is 9.47 Å². The SMILES string of the molecule is C=CCOC(=O)Nc1ccc(/C=C2/C(=O)N3C2S(=O)(=O)C(C)(C)[C@@H]3C(=O)OC(c2ccccc2)c2ccccc2)nc1. The molecule has 2 saturated heterocycles. The number of hydrogen-bond donors (Lipinski definition) is 1. The minimum Gasteiger partial charge on any atom is -0.451 e. The third-order valence-electron chi connectivity index (χ3n) is 7.29. The molecule has 0 spiro atoms. The maximum atomic E-state index is 13.7. The van der Waals surface area contributed by atoms with Gasteiger partial charge in [-0.1, -0.05) is 73.3 Å². The van der Waals surface area contributed by atoms with E-state index >= 15 is 0 Å². The van der Waals surface area contributed by atoms with Crippen LogP contribution in [-0.4, -0.2) is 59.0 Å². The van der Waals surface area contributed by atoms with Crippen molar-refractivity contribution in [2.75, 3.05) is 11.9 Å². The van der Waals surface area contributed by atoms with Gasteiger partial charge in [0.15, 0.2) is 27.4 Å². The van der Waals surface area contributed by atoms with E-state index in [0.29, 0.717) is 22.5 Å². The smallest absolute Gasteiger partial charge is 0.411 e. The summed E-state index contributed by atoms with van der Waals surface area (Å²) in [4.78, 5) is 44.1. The van der Waals surface area contributed by atoms with Gasteiger partial charge in [0, 0.05) is 0 Å². The molecule has 1 N–H and O–H groups in total. The average Bonchev–Trinajstić information content (AvgIpc) is 3.13. The minimum absolute atomic E-state index is 0.000328. The third kappa shape index (κ3) is 5.07. The van der Waals surface area contributed by atoms with Gasteiger partial charge in [-0.3, -0.25) is 15.1 Å². The van der Waals surface area contributed by atoms with E-state index in [1.54, 1.807) is 0 Å². The summed E-state index contributed by atoms with van der Waals surface area (Å²) in [5.74, 6) is -1.41. The van der Waals surface area contributed by atoms with Crippen molar-refractivity contribution in [1.82, 2.24) is 9.88 Å². The van der Waals surface area contributed by atoms with E-state index in [2.05, 4.69) is 16.9 Å². The minimum atomic E-state index is -4.03. The number of pyridine rings is 1. The van der Waals surface area contributed by atoms with Crippen molar-refractivity contribution in [1.29, 1.82) is 0 Å². The number of esters is 1. The van der Waals surface area contributed by atoms with Gasteiger partial charge in [0.25, 0.3) is 5.91 Å². The molecule has 1 aromatic heterocycles. The van der Waals surface area contributed by atoms with Gasteiger partial charge in [-0.15, -0.1) is 0 Å². The number of nitrogens with zero attached hydrogens (tertiary/aromatic N) is 2. The predicted molar refractivity (Wildman–Crippen MR) is 156 cm³/mol. The topological polar surface area (TPSA) is 132 Å². The lowest BCUT2D eigenvalue weighted by atomic mass is 9.94. The number of carbonyl (C=O) groups excluding carboxylic acids is 3. The summed E-state index contributed by atoms with van der Waals surface area (Å²) in [6.45, 7) is 6.38. The summed E-state index contributed by atoms with van der Waals surface area (Å²) in [7, 11) is -4.03. The number of fused-ring (bicyclic) bond motifs is 1. The summed E-state index contributed by atoms with van der Waals surface area (Å²) >= 11 is 0. The highest BCUT2D eigenvalue weighted by Crippen LogP contribution is 2.49. The summed E-state index contributed by atoms with van der Waals surface area (Å²) in [5, 5.41) is 1.18. The summed E-state index contributed by atoms with van der Waals surface area (Å²) in [5.41, 5.74) is 2.06. The van der Waals surface area contributed by atoms with Crippen molar-refractivity contribution in [3.05, 3.63) is 114 Å². The zero-order chi connectivity index (χ0) is 30.1. The van der Waals surface area contributed by atoms with Crippen LogP contribution < -0.4 is 5.32 Å². The first kappa shape index (κ1) is 28.7. The van der Waals surface area contributed by atoms with Gasteiger partial charge in [0.2, 0.25) is 0 Å². The molecule has 3 heterocycles. The van der Waals surface area contributed by atoms with Crippen LogP contribution in [0.15, 0.2) is 97.2 Å². The first-order valence-corrected chi connectivity index (χ1v) is 14.7. The third-order valence-corrected chi connectivity index (χ3v) is 10.1. The van der Waals surface area contributed by atoms with E-state index < -0.39 is 50.1 Å². The quantitative estimate of drug-likeness (QED) is 0.179. The van der Waals surface area contributed by atoms with E-state index in [0.717, 1.165) is 4.90 Å². The van der Waals surface area contributed by atoms with Crippen molar-refractivity contribution in [2.45, 2.75) is 36.1 Å². The van der Waals surface area contributed by atoms with Crippen LogP contribution in [0.4, 0.5) is 10.5 Å². The first-order valence-electron chi connectivity index (χ1n) is 13.1. The number of ether oxygens (including phenoxy) is 2. The second kappa shape index (κ2) is 11.2. The standard InChI is InChI=1S/C31H29N3O7S/c1-4-17-40-30(37)33-23-16-15-22(32-19-23)18-24-27(35)34-26(31(2,3)42(38,39)28(24)34)29(36)41-25(20-11-7-5-8-12-20)21-13-9-6-10-14-21/h4-16,18-19,25-26,28H,1,17H2,2-3H3,(H,33,37)/b24-18-/t26-,28?/m0/s1. The number of sulfone groups is 1. The molecule has 10 nitrogen and oxygen atoms in total. The number of amides is 2. The molecule has 0 bridgehead atoms. The van der Waals surface area contributed by atoms with Crippen LogP contribution >= 0.6 is 0 Å². The Morgan fingerprint density at radius 1 is 1.05 bits per heavy atom. The Morgan fingerprint density at radius 3 is 2.21 bits per heavy atom. The molecule has 5 rings (SSSR count). The van der Waals surface area contributed by atoms with Crippen molar-refractivity contribution in [3.8, 4) is 0 Å². The number of nitrogens with one attached hydrogen (secondary N) is 1. The van der Waals surface area contributed by atoms with Crippen LogP contribution in [0.5, 0.6) is 0 Å². The lowest BCUT2D eigenvalue weighted by molar-refractivity contribution is -0.160. The number of aromatic nitrogens is 1. The fraction of sp³-hybridized carbons (Fsp3) is 0.226. The van der Waals surface area contributed by atoms with Gasteiger partial charge in [-0.2, -0.15) is 0 Å². The number of anilines is 1. The fourth-order valence-electron chi connectivity index (χ4n) is 5.10. The molecule has 1 unspecified atom stereocenters. The summed E-state index contributed by atoms with van der Waals surface area (Å²) in [6, 6.07) is 19.9. The molecule has 2 aromatic carbocycles. The Morgan fingerprint density at radius 2 is 1.67 bits per heavy atom. The number of rotatable bonds is 8. The molecule has 0 saturated carbocycles. The first-order chi connectivity index (χ1) is 20.1. The van der Waals surface area contributed by atoms with E-state index in [1.165, 1.54) is 44.3 Å². The highest BCUT2D eigenvalue weighted by Gasteiger charge is 2.70. The molecule has 2 fully saturated rings. The zero-order valence-corrected chi connectivity index (χ0v) is 23.8. The monoisotopic (exact) mass is 587 g/mol.